The number of nitrogens with one attached hydrogen (secondary N) is 2. The Hall–Kier alpha value is -2.16. The molecule has 3 rings (SSSR count). The molecule has 0 saturated carbocycles. The second-order valence-corrected chi connectivity index (χ2v) is 6.99. The second kappa shape index (κ2) is 7.16. The average molecular weight is 405 g/mol. The van der Waals surface area contributed by atoms with Gasteiger partial charge in [0.25, 0.3) is 5.91 Å². The molecule has 0 aliphatic carbocycles. The van der Waals surface area contributed by atoms with Crippen LogP contribution in [0.4, 0.5) is 0 Å². The third-order valence-electron chi connectivity index (χ3n) is 3.30. The van der Waals surface area contributed by atoms with Crippen molar-refractivity contribution in [3.8, 4) is 11.3 Å². The van der Waals surface area contributed by atoms with E-state index in [1.807, 2.05) is 24.3 Å². The van der Waals surface area contributed by atoms with Crippen LogP contribution in [0.1, 0.15) is 10.4 Å². The molecule has 8 heteroatoms. The van der Waals surface area contributed by atoms with E-state index in [1.54, 1.807) is 24.5 Å². The minimum absolute atomic E-state index is 0.399. The van der Waals surface area contributed by atoms with Crippen molar-refractivity contribution in [2.24, 2.45) is 0 Å². The highest BCUT2D eigenvalue weighted by atomic mass is 79.9. The number of hydrogen-bond acceptors (Lipinski definition) is 4. The first-order valence-corrected chi connectivity index (χ1v) is 9.30. The van der Waals surface area contributed by atoms with Crippen LogP contribution in [0.25, 0.3) is 22.2 Å². The van der Waals surface area contributed by atoms with Gasteiger partial charge in [-0.2, -0.15) is 4.83 Å². The summed E-state index contributed by atoms with van der Waals surface area (Å²) in [5.41, 5.74) is 5.05. The molecule has 0 spiro atoms. The zero-order valence-electron chi connectivity index (χ0n) is 12.6. The standard InChI is InChI=1S/C16H13BrN4O2S/c1-24(23)21-20-16(22)12-8-15(10-2-4-11(17)5-3-10)19-14-6-7-18-9-13(12)14/h2-9,21H,1H3,(H,20,22). The van der Waals surface area contributed by atoms with E-state index in [1.165, 1.54) is 6.26 Å². The maximum Gasteiger partial charge on any atom is 0.266 e. The predicted molar refractivity (Wildman–Crippen MR) is 97.3 cm³/mol. The highest BCUT2D eigenvalue weighted by Crippen LogP contribution is 2.25. The van der Waals surface area contributed by atoms with Crippen LogP contribution >= 0.6 is 15.9 Å². The lowest BCUT2D eigenvalue weighted by Crippen LogP contribution is -2.38. The molecule has 1 atom stereocenters. The highest BCUT2D eigenvalue weighted by molar-refractivity contribution is 9.10. The maximum atomic E-state index is 12.4. The Labute approximate surface area is 149 Å². The Balaban J connectivity index is 2.10. The third-order valence-corrected chi connectivity index (χ3v) is 4.22. The summed E-state index contributed by atoms with van der Waals surface area (Å²) in [6.45, 7) is 0. The normalized spacial score (nSPS) is 12.1. The fourth-order valence-corrected chi connectivity index (χ4v) is 2.71. The predicted octanol–water partition coefficient (Wildman–Crippen LogP) is 2.59. The topological polar surface area (TPSA) is 84.0 Å². The Morgan fingerprint density at radius 2 is 1.96 bits per heavy atom. The van der Waals surface area contributed by atoms with Crippen LogP contribution in [0, 0.1) is 0 Å². The summed E-state index contributed by atoms with van der Waals surface area (Å²) in [4.78, 5) is 23.5. The van der Waals surface area contributed by atoms with Gasteiger partial charge < -0.3 is 0 Å². The summed E-state index contributed by atoms with van der Waals surface area (Å²) in [5.74, 6) is -0.399. The van der Waals surface area contributed by atoms with Crippen molar-refractivity contribution in [2.45, 2.75) is 0 Å². The van der Waals surface area contributed by atoms with Gasteiger partial charge in [-0.1, -0.05) is 28.1 Å². The summed E-state index contributed by atoms with van der Waals surface area (Å²) >= 11 is 3.40. The van der Waals surface area contributed by atoms with Crippen molar-refractivity contribution in [2.75, 3.05) is 6.26 Å². The lowest BCUT2D eigenvalue weighted by molar-refractivity contribution is 0.0948. The molecule has 0 aliphatic rings. The first kappa shape index (κ1) is 16.7. The van der Waals surface area contributed by atoms with Gasteiger partial charge in [-0.15, -0.1) is 0 Å². The monoisotopic (exact) mass is 404 g/mol. The van der Waals surface area contributed by atoms with Gasteiger partial charge in [0, 0.05) is 34.1 Å². The van der Waals surface area contributed by atoms with Crippen LogP contribution < -0.4 is 10.3 Å². The molecule has 2 aromatic heterocycles. The molecule has 2 heterocycles. The number of hydrazine groups is 1. The summed E-state index contributed by atoms with van der Waals surface area (Å²) in [6.07, 6.45) is 4.65. The Morgan fingerprint density at radius 3 is 2.67 bits per heavy atom. The lowest BCUT2D eigenvalue weighted by Gasteiger charge is -2.10. The minimum Gasteiger partial charge on any atom is -0.276 e. The van der Waals surface area contributed by atoms with E-state index in [0.717, 1.165) is 10.0 Å². The van der Waals surface area contributed by atoms with Gasteiger partial charge in [-0.05, 0) is 24.3 Å². The molecule has 1 amide bonds. The maximum absolute atomic E-state index is 12.4. The van der Waals surface area contributed by atoms with E-state index >= 15 is 0 Å². The molecule has 0 fully saturated rings. The Morgan fingerprint density at radius 1 is 1.21 bits per heavy atom. The van der Waals surface area contributed by atoms with Crippen molar-refractivity contribution in [3.05, 3.63) is 58.8 Å². The van der Waals surface area contributed by atoms with Gasteiger partial charge >= 0.3 is 0 Å². The number of fused-ring (bicyclic) bond motifs is 1. The van der Waals surface area contributed by atoms with Crippen molar-refractivity contribution in [1.82, 2.24) is 20.2 Å². The molecule has 122 valence electrons. The highest BCUT2D eigenvalue weighted by Gasteiger charge is 2.14. The van der Waals surface area contributed by atoms with Gasteiger partial charge in [-0.25, -0.2) is 9.19 Å². The summed E-state index contributed by atoms with van der Waals surface area (Å²) in [5, 5.41) is 0.625. The Bertz CT molecular complexity index is 931. The number of amides is 1. The fraction of sp³-hybridized carbons (Fsp3) is 0.0625. The molecule has 0 saturated heterocycles. The number of hydrogen-bond donors (Lipinski definition) is 2. The fourth-order valence-electron chi connectivity index (χ4n) is 2.21. The van der Waals surface area contributed by atoms with Crippen LogP contribution in [0.3, 0.4) is 0 Å². The molecular formula is C16H13BrN4O2S. The molecule has 24 heavy (non-hydrogen) atoms. The largest absolute Gasteiger partial charge is 0.276 e. The first-order chi connectivity index (χ1) is 11.5. The molecule has 6 nitrogen and oxygen atoms in total. The number of benzene rings is 1. The second-order valence-electron chi connectivity index (χ2n) is 4.97. The smallest absolute Gasteiger partial charge is 0.266 e. The molecule has 0 bridgehead atoms. The average Bonchev–Trinajstić information content (AvgIpc) is 2.59. The lowest BCUT2D eigenvalue weighted by atomic mass is 10.1. The summed E-state index contributed by atoms with van der Waals surface area (Å²) in [6, 6.07) is 11.1. The van der Waals surface area contributed by atoms with Crippen LogP contribution in [0.2, 0.25) is 0 Å². The number of halogens is 1. The molecule has 0 aliphatic heterocycles. The van der Waals surface area contributed by atoms with Gasteiger partial charge in [-0.3, -0.25) is 15.2 Å². The van der Waals surface area contributed by atoms with E-state index < -0.39 is 16.9 Å². The van der Waals surface area contributed by atoms with Gasteiger partial charge in [0.1, 0.15) is 11.0 Å². The van der Waals surface area contributed by atoms with Gasteiger partial charge in [0.05, 0.1) is 16.8 Å². The number of pyridine rings is 2. The number of rotatable bonds is 4. The van der Waals surface area contributed by atoms with E-state index in [9.17, 15) is 9.00 Å². The van der Waals surface area contributed by atoms with Crippen LogP contribution in [-0.2, 0) is 11.0 Å². The SMILES string of the molecule is CS(=O)NNC(=O)c1cc(-c2ccc(Br)cc2)nc2ccncc12. The van der Waals surface area contributed by atoms with Crippen LogP contribution in [0.15, 0.2) is 53.3 Å². The summed E-state index contributed by atoms with van der Waals surface area (Å²) in [7, 11) is -1.36. The van der Waals surface area contributed by atoms with E-state index in [-0.39, 0.29) is 0 Å². The molecule has 1 aromatic carbocycles. The van der Waals surface area contributed by atoms with Gasteiger partial charge in [0.2, 0.25) is 0 Å². The Kier molecular flexibility index (Phi) is 4.98. The number of carbonyl (C=O) groups is 1. The number of carbonyl (C=O) groups excluding carboxylic acids is 1. The van der Waals surface area contributed by atoms with Crippen molar-refractivity contribution < 1.29 is 9.00 Å². The van der Waals surface area contributed by atoms with Crippen molar-refractivity contribution in [3.63, 3.8) is 0 Å². The first-order valence-electron chi connectivity index (χ1n) is 6.95. The molecular weight excluding hydrogens is 392 g/mol. The minimum atomic E-state index is -1.36. The van der Waals surface area contributed by atoms with E-state index in [0.29, 0.717) is 22.2 Å². The molecule has 1 unspecified atom stereocenters. The van der Waals surface area contributed by atoms with Gasteiger partial charge in [0.15, 0.2) is 0 Å². The zero-order valence-corrected chi connectivity index (χ0v) is 15.0. The quantitative estimate of drug-likeness (QED) is 0.654. The molecule has 3 aromatic rings. The van der Waals surface area contributed by atoms with Crippen LogP contribution in [0.5, 0.6) is 0 Å². The van der Waals surface area contributed by atoms with E-state index in [4.69, 9.17) is 0 Å². The molecule has 0 radical (unpaired) electrons. The number of aromatic nitrogens is 2. The van der Waals surface area contributed by atoms with Crippen molar-refractivity contribution in [1.29, 1.82) is 0 Å². The zero-order chi connectivity index (χ0) is 17.1. The van der Waals surface area contributed by atoms with E-state index in [2.05, 4.69) is 36.2 Å². The van der Waals surface area contributed by atoms with Crippen LogP contribution in [-0.4, -0.2) is 26.3 Å². The number of nitrogens with zero attached hydrogens (tertiary/aromatic N) is 2. The third kappa shape index (κ3) is 3.66. The van der Waals surface area contributed by atoms with Crippen molar-refractivity contribution >= 4 is 43.7 Å². The molecule has 2 N–H and O–H groups in total. The summed E-state index contributed by atoms with van der Waals surface area (Å²) < 4.78 is 12.1.